The Kier molecular flexibility index (Phi) is 2.95. The van der Waals surface area contributed by atoms with Gasteiger partial charge < -0.3 is 9.72 Å². The summed E-state index contributed by atoms with van der Waals surface area (Å²) in [6.45, 7) is 0. The van der Waals surface area contributed by atoms with Gasteiger partial charge in [0.1, 0.15) is 0 Å². The standard InChI is InChI=1S/C15H11FN2O2/c1-20-14-5-3-10(7-12(14)16)9-2-4-13-11(6-9)15(19)18-8-17-13/h2-8H,1H3,(H,17,18,19). The highest BCUT2D eigenvalue weighted by molar-refractivity contribution is 5.83. The van der Waals surface area contributed by atoms with Gasteiger partial charge in [-0.3, -0.25) is 4.79 Å². The van der Waals surface area contributed by atoms with E-state index in [-0.39, 0.29) is 11.3 Å². The molecule has 0 saturated heterocycles. The minimum Gasteiger partial charge on any atom is -0.494 e. The Morgan fingerprint density at radius 3 is 2.65 bits per heavy atom. The average Bonchev–Trinajstić information content (AvgIpc) is 2.47. The van der Waals surface area contributed by atoms with Crippen molar-refractivity contribution in [3.8, 4) is 16.9 Å². The number of fused-ring (bicyclic) bond motifs is 1. The van der Waals surface area contributed by atoms with Gasteiger partial charge in [-0.1, -0.05) is 12.1 Å². The number of halogens is 1. The Morgan fingerprint density at radius 2 is 1.90 bits per heavy atom. The number of aromatic nitrogens is 2. The highest BCUT2D eigenvalue weighted by Crippen LogP contribution is 2.26. The molecular formula is C15H11FN2O2. The number of benzene rings is 2. The van der Waals surface area contributed by atoms with Gasteiger partial charge in [0.25, 0.3) is 5.56 Å². The number of ether oxygens (including phenoxy) is 1. The third-order valence-electron chi connectivity index (χ3n) is 3.13. The lowest BCUT2D eigenvalue weighted by Crippen LogP contribution is -2.06. The molecule has 0 spiro atoms. The SMILES string of the molecule is COc1ccc(-c2ccc3nc[nH]c(=O)c3c2)cc1F. The van der Waals surface area contributed by atoms with Crippen LogP contribution < -0.4 is 10.3 Å². The van der Waals surface area contributed by atoms with Crippen LogP contribution in [-0.4, -0.2) is 17.1 Å². The van der Waals surface area contributed by atoms with E-state index in [9.17, 15) is 9.18 Å². The number of methoxy groups -OCH3 is 1. The van der Waals surface area contributed by atoms with E-state index in [2.05, 4.69) is 9.97 Å². The average molecular weight is 270 g/mol. The van der Waals surface area contributed by atoms with Crippen LogP contribution >= 0.6 is 0 Å². The van der Waals surface area contributed by atoms with Crippen LogP contribution in [0.25, 0.3) is 22.0 Å². The largest absolute Gasteiger partial charge is 0.494 e. The molecule has 0 saturated carbocycles. The van der Waals surface area contributed by atoms with Gasteiger partial charge >= 0.3 is 0 Å². The summed E-state index contributed by atoms with van der Waals surface area (Å²) in [6, 6.07) is 9.92. The quantitative estimate of drug-likeness (QED) is 0.779. The zero-order valence-electron chi connectivity index (χ0n) is 10.7. The molecule has 1 N–H and O–H groups in total. The van der Waals surface area contributed by atoms with Gasteiger partial charge in [0.15, 0.2) is 11.6 Å². The molecule has 3 rings (SSSR count). The fourth-order valence-corrected chi connectivity index (χ4v) is 2.09. The minimum atomic E-state index is -0.440. The molecule has 0 unspecified atom stereocenters. The molecule has 0 aliphatic heterocycles. The van der Waals surface area contributed by atoms with Crippen LogP contribution in [-0.2, 0) is 0 Å². The predicted octanol–water partition coefficient (Wildman–Crippen LogP) is 2.74. The Balaban J connectivity index is 2.17. The maximum atomic E-state index is 13.7. The molecular weight excluding hydrogens is 259 g/mol. The van der Waals surface area contributed by atoms with E-state index in [4.69, 9.17) is 4.74 Å². The second kappa shape index (κ2) is 4.77. The van der Waals surface area contributed by atoms with E-state index in [1.165, 1.54) is 19.5 Å². The van der Waals surface area contributed by atoms with E-state index >= 15 is 0 Å². The second-order valence-corrected chi connectivity index (χ2v) is 4.31. The molecule has 0 fully saturated rings. The summed E-state index contributed by atoms with van der Waals surface area (Å²) in [4.78, 5) is 18.3. The number of nitrogens with zero attached hydrogens (tertiary/aromatic N) is 1. The van der Waals surface area contributed by atoms with Crippen LogP contribution in [0, 0.1) is 5.82 Å². The van der Waals surface area contributed by atoms with Gasteiger partial charge in [0, 0.05) is 0 Å². The molecule has 0 atom stereocenters. The first-order valence-corrected chi connectivity index (χ1v) is 6.00. The van der Waals surface area contributed by atoms with Gasteiger partial charge in [0.05, 0.1) is 24.3 Å². The third kappa shape index (κ3) is 2.03. The normalized spacial score (nSPS) is 10.7. The lowest BCUT2D eigenvalue weighted by atomic mass is 10.0. The summed E-state index contributed by atoms with van der Waals surface area (Å²) < 4.78 is 18.6. The van der Waals surface area contributed by atoms with E-state index in [1.807, 2.05) is 0 Å². The third-order valence-corrected chi connectivity index (χ3v) is 3.13. The smallest absolute Gasteiger partial charge is 0.258 e. The second-order valence-electron chi connectivity index (χ2n) is 4.31. The van der Waals surface area contributed by atoms with Crippen molar-refractivity contribution in [2.24, 2.45) is 0 Å². The maximum Gasteiger partial charge on any atom is 0.258 e. The summed E-state index contributed by atoms with van der Waals surface area (Å²) >= 11 is 0. The Hall–Kier alpha value is -2.69. The molecule has 1 aromatic heterocycles. The summed E-state index contributed by atoms with van der Waals surface area (Å²) in [5, 5.41) is 0.473. The zero-order valence-corrected chi connectivity index (χ0v) is 10.7. The van der Waals surface area contributed by atoms with Crippen molar-refractivity contribution in [3.63, 3.8) is 0 Å². The molecule has 0 aliphatic carbocycles. The van der Waals surface area contributed by atoms with Crippen LogP contribution in [0.1, 0.15) is 0 Å². The van der Waals surface area contributed by atoms with Crippen molar-refractivity contribution in [2.75, 3.05) is 7.11 Å². The van der Waals surface area contributed by atoms with Crippen LogP contribution in [0.2, 0.25) is 0 Å². The Bertz CT molecular complexity index is 843. The highest BCUT2D eigenvalue weighted by Gasteiger charge is 2.07. The van der Waals surface area contributed by atoms with Gasteiger partial charge in [-0.15, -0.1) is 0 Å². The van der Waals surface area contributed by atoms with Gasteiger partial charge in [0.2, 0.25) is 0 Å². The molecule has 5 heteroatoms. The van der Waals surface area contributed by atoms with Gasteiger partial charge in [-0.05, 0) is 35.4 Å². The van der Waals surface area contributed by atoms with Crippen molar-refractivity contribution in [3.05, 3.63) is 58.9 Å². The summed E-state index contributed by atoms with van der Waals surface area (Å²) in [5.74, 6) is -0.251. The number of H-pyrrole nitrogens is 1. The molecule has 0 radical (unpaired) electrons. The first kappa shape index (κ1) is 12.3. The van der Waals surface area contributed by atoms with Crippen LogP contribution in [0.3, 0.4) is 0 Å². The maximum absolute atomic E-state index is 13.7. The van der Waals surface area contributed by atoms with Crippen molar-refractivity contribution >= 4 is 10.9 Å². The predicted molar refractivity (Wildman–Crippen MR) is 74.3 cm³/mol. The number of aromatic amines is 1. The number of hydrogen-bond donors (Lipinski definition) is 1. The van der Waals surface area contributed by atoms with E-state index in [0.717, 1.165) is 5.56 Å². The molecule has 2 aromatic carbocycles. The van der Waals surface area contributed by atoms with E-state index in [0.29, 0.717) is 16.5 Å². The molecule has 4 nitrogen and oxygen atoms in total. The lowest BCUT2D eigenvalue weighted by Gasteiger charge is -2.06. The van der Waals surface area contributed by atoms with Crippen LogP contribution in [0.5, 0.6) is 5.75 Å². The zero-order chi connectivity index (χ0) is 14.1. The minimum absolute atomic E-state index is 0.189. The van der Waals surface area contributed by atoms with Crippen LogP contribution in [0.15, 0.2) is 47.5 Å². The Labute approximate surface area is 113 Å². The molecule has 20 heavy (non-hydrogen) atoms. The van der Waals surface area contributed by atoms with E-state index < -0.39 is 5.82 Å². The molecule has 1 heterocycles. The topological polar surface area (TPSA) is 55.0 Å². The fourth-order valence-electron chi connectivity index (χ4n) is 2.09. The molecule has 0 aliphatic rings. The number of nitrogens with one attached hydrogen (secondary N) is 1. The van der Waals surface area contributed by atoms with E-state index in [1.54, 1.807) is 30.3 Å². The first-order chi connectivity index (χ1) is 9.69. The summed E-state index contributed by atoms with van der Waals surface area (Å²) in [5.41, 5.74) is 1.81. The van der Waals surface area contributed by atoms with Crippen molar-refractivity contribution in [1.82, 2.24) is 9.97 Å². The fraction of sp³-hybridized carbons (Fsp3) is 0.0667. The lowest BCUT2D eigenvalue weighted by molar-refractivity contribution is 0.386. The van der Waals surface area contributed by atoms with Gasteiger partial charge in [-0.25, -0.2) is 9.37 Å². The van der Waals surface area contributed by atoms with Crippen molar-refractivity contribution in [1.29, 1.82) is 0 Å². The van der Waals surface area contributed by atoms with Crippen molar-refractivity contribution in [2.45, 2.75) is 0 Å². The molecule has 3 aromatic rings. The first-order valence-electron chi connectivity index (χ1n) is 6.00. The summed E-state index contributed by atoms with van der Waals surface area (Å²) in [7, 11) is 1.42. The monoisotopic (exact) mass is 270 g/mol. The highest BCUT2D eigenvalue weighted by atomic mass is 19.1. The number of hydrogen-bond acceptors (Lipinski definition) is 3. The molecule has 100 valence electrons. The van der Waals surface area contributed by atoms with Crippen LogP contribution in [0.4, 0.5) is 4.39 Å². The van der Waals surface area contributed by atoms with Crippen molar-refractivity contribution < 1.29 is 9.13 Å². The summed E-state index contributed by atoms with van der Waals surface area (Å²) in [6.07, 6.45) is 1.36. The number of rotatable bonds is 2. The van der Waals surface area contributed by atoms with Gasteiger partial charge in [-0.2, -0.15) is 0 Å². The Morgan fingerprint density at radius 1 is 1.15 bits per heavy atom. The molecule has 0 bridgehead atoms. The molecule has 0 amide bonds.